The highest BCUT2D eigenvalue weighted by Crippen LogP contribution is 2.40. The number of aromatic nitrogens is 3. The van der Waals surface area contributed by atoms with Crippen molar-refractivity contribution in [2.75, 3.05) is 0 Å². The molecule has 10 nitrogen and oxygen atoms in total. The van der Waals surface area contributed by atoms with Crippen LogP contribution < -0.4 is 15.6 Å². The van der Waals surface area contributed by atoms with E-state index < -0.39 is 29.2 Å². The van der Waals surface area contributed by atoms with Crippen molar-refractivity contribution in [1.82, 2.24) is 25.4 Å². The number of hydrogen-bond donors (Lipinski definition) is 3. The molecular formula is C29H35N5O5. The second kappa shape index (κ2) is 11.0. The molecule has 1 aliphatic heterocycles. The summed E-state index contributed by atoms with van der Waals surface area (Å²) in [7, 11) is 0. The van der Waals surface area contributed by atoms with Gasteiger partial charge in [-0.3, -0.25) is 14.4 Å². The maximum atomic E-state index is 13.7. The van der Waals surface area contributed by atoms with E-state index >= 15 is 0 Å². The van der Waals surface area contributed by atoms with Crippen molar-refractivity contribution in [3.05, 3.63) is 81.0 Å². The Morgan fingerprint density at radius 3 is 2.54 bits per heavy atom. The summed E-state index contributed by atoms with van der Waals surface area (Å²) in [6.07, 6.45) is 1.36. The van der Waals surface area contributed by atoms with E-state index in [1.165, 1.54) is 12.1 Å². The molecule has 0 spiro atoms. The number of amides is 2. The summed E-state index contributed by atoms with van der Waals surface area (Å²) in [5, 5.41) is 19.8. The Balaban J connectivity index is 1.51. The Kier molecular flexibility index (Phi) is 7.87. The lowest BCUT2D eigenvalue weighted by Gasteiger charge is -2.38. The van der Waals surface area contributed by atoms with E-state index in [-0.39, 0.29) is 23.4 Å². The first-order valence-electron chi connectivity index (χ1n) is 13.0. The fourth-order valence-electron chi connectivity index (χ4n) is 5.03. The number of carbonyl (C=O) groups is 2. The topological polar surface area (TPSA) is 138 Å². The second-order valence-electron chi connectivity index (χ2n) is 10.7. The van der Waals surface area contributed by atoms with Crippen molar-refractivity contribution in [2.45, 2.75) is 78.1 Å². The molecule has 1 aliphatic rings. The average Bonchev–Trinajstić information content (AvgIpc) is 3.33. The predicted molar refractivity (Wildman–Crippen MR) is 146 cm³/mol. The Bertz CT molecular complexity index is 1440. The van der Waals surface area contributed by atoms with Gasteiger partial charge >= 0.3 is 5.56 Å². The zero-order chi connectivity index (χ0) is 28.5. The van der Waals surface area contributed by atoms with E-state index in [0.29, 0.717) is 30.0 Å². The number of pyridine rings is 1. The third kappa shape index (κ3) is 6.17. The molecule has 1 aromatic carbocycles. The minimum absolute atomic E-state index is 0.0685. The molecule has 206 valence electrons. The van der Waals surface area contributed by atoms with Crippen LogP contribution >= 0.6 is 0 Å². The standard InChI is InChI=1S/C29H35N5O5/c1-16-8-7-9-20(14-16)22-11-13-25(29(5,6)38)34(22)28(37)19(4)31-26(35)21-10-12-23(18(3)30-21)39-24-15-17(2)32-33-27(24)36/h7-10,12,14-15,19,22,25,38H,11,13H2,1-6H3,(H,31,35)(H,33,36)/t19-,22+,25-/m1/s1. The number of aromatic amines is 1. The summed E-state index contributed by atoms with van der Waals surface area (Å²) in [6.45, 7) is 10.4. The predicted octanol–water partition coefficient (Wildman–Crippen LogP) is 3.50. The Hall–Kier alpha value is -4.05. The number of hydrogen-bond acceptors (Lipinski definition) is 7. The largest absolute Gasteiger partial charge is 0.450 e. The summed E-state index contributed by atoms with van der Waals surface area (Å²) in [5.41, 5.74) is 1.59. The van der Waals surface area contributed by atoms with Gasteiger partial charge in [0.25, 0.3) is 5.91 Å². The van der Waals surface area contributed by atoms with Gasteiger partial charge in [-0.05, 0) is 72.1 Å². The van der Waals surface area contributed by atoms with Gasteiger partial charge in [0.2, 0.25) is 5.91 Å². The number of aliphatic hydroxyl groups is 1. The van der Waals surface area contributed by atoms with Crippen LogP contribution in [0.4, 0.5) is 0 Å². The molecule has 0 bridgehead atoms. The fourth-order valence-corrected chi connectivity index (χ4v) is 5.03. The van der Waals surface area contributed by atoms with Crippen LogP contribution in [0, 0.1) is 20.8 Å². The van der Waals surface area contributed by atoms with Gasteiger partial charge in [-0.2, -0.15) is 5.10 Å². The van der Waals surface area contributed by atoms with E-state index in [1.807, 2.05) is 25.1 Å². The number of H-pyrrole nitrogens is 1. The zero-order valence-corrected chi connectivity index (χ0v) is 23.1. The number of nitrogens with one attached hydrogen (secondary N) is 2. The van der Waals surface area contributed by atoms with Crippen LogP contribution in [-0.4, -0.2) is 54.7 Å². The van der Waals surface area contributed by atoms with Crippen LogP contribution in [-0.2, 0) is 4.79 Å². The van der Waals surface area contributed by atoms with Crippen LogP contribution in [0.5, 0.6) is 11.5 Å². The molecule has 1 fully saturated rings. The van der Waals surface area contributed by atoms with E-state index in [9.17, 15) is 19.5 Å². The van der Waals surface area contributed by atoms with E-state index in [1.54, 1.807) is 45.6 Å². The zero-order valence-electron chi connectivity index (χ0n) is 23.1. The molecule has 3 atom stereocenters. The molecule has 39 heavy (non-hydrogen) atoms. The maximum Gasteiger partial charge on any atom is 0.307 e. The van der Waals surface area contributed by atoms with Gasteiger partial charge in [-0.1, -0.05) is 29.8 Å². The summed E-state index contributed by atoms with van der Waals surface area (Å²) in [4.78, 5) is 44.9. The normalized spacial score (nSPS) is 18.1. The monoisotopic (exact) mass is 533 g/mol. The number of nitrogens with zero attached hydrogens (tertiary/aromatic N) is 3. The van der Waals surface area contributed by atoms with E-state index in [2.05, 4.69) is 26.6 Å². The van der Waals surface area contributed by atoms with Gasteiger partial charge in [-0.15, -0.1) is 0 Å². The van der Waals surface area contributed by atoms with Gasteiger partial charge in [0.05, 0.1) is 29.1 Å². The summed E-state index contributed by atoms with van der Waals surface area (Å²) in [5.74, 6) is -0.408. The molecule has 0 unspecified atom stereocenters. The van der Waals surface area contributed by atoms with Crippen molar-refractivity contribution in [3.8, 4) is 11.5 Å². The smallest absolute Gasteiger partial charge is 0.307 e. The molecule has 3 aromatic rings. The number of likely N-dealkylation sites (tertiary alicyclic amines) is 1. The number of ether oxygens (including phenoxy) is 1. The van der Waals surface area contributed by atoms with E-state index in [0.717, 1.165) is 11.1 Å². The van der Waals surface area contributed by atoms with Crippen molar-refractivity contribution >= 4 is 11.8 Å². The molecule has 0 saturated carbocycles. The van der Waals surface area contributed by atoms with Crippen molar-refractivity contribution in [2.24, 2.45) is 0 Å². The van der Waals surface area contributed by atoms with Crippen LogP contribution in [0.15, 0.2) is 47.3 Å². The van der Waals surface area contributed by atoms with Gasteiger partial charge in [0.1, 0.15) is 17.5 Å². The molecule has 0 radical (unpaired) electrons. The lowest BCUT2D eigenvalue weighted by Crippen LogP contribution is -2.54. The highest BCUT2D eigenvalue weighted by atomic mass is 16.5. The third-order valence-corrected chi connectivity index (χ3v) is 6.99. The first-order valence-corrected chi connectivity index (χ1v) is 13.0. The highest BCUT2D eigenvalue weighted by Gasteiger charge is 2.45. The number of rotatable bonds is 7. The van der Waals surface area contributed by atoms with Crippen molar-refractivity contribution in [3.63, 3.8) is 0 Å². The van der Waals surface area contributed by atoms with E-state index in [4.69, 9.17) is 4.74 Å². The Morgan fingerprint density at radius 1 is 1.13 bits per heavy atom. The number of benzene rings is 1. The third-order valence-electron chi connectivity index (χ3n) is 6.99. The average molecular weight is 534 g/mol. The molecule has 3 heterocycles. The van der Waals surface area contributed by atoms with Crippen LogP contribution in [0.25, 0.3) is 0 Å². The van der Waals surface area contributed by atoms with Gasteiger partial charge < -0.3 is 20.1 Å². The lowest BCUT2D eigenvalue weighted by atomic mass is 9.96. The van der Waals surface area contributed by atoms with Gasteiger partial charge in [-0.25, -0.2) is 10.1 Å². The van der Waals surface area contributed by atoms with Crippen molar-refractivity contribution < 1.29 is 19.4 Å². The highest BCUT2D eigenvalue weighted by molar-refractivity contribution is 5.96. The van der Waals surface area contributed by atoms with Crippen LogP contribution in [0.1, 0.15) is 72.7 Å². The van der Waals surface area contributed by atoms with Crippen LogP contribution in [0.2, 0.25) is 0 Å². The minimum atomic E-state index is -1.11. The van der Waals surface area contributed by atoms with Crippen LogP contribution in [0.3, 0.4) is 0 Å². The lowest BCUT2D eigenvalue weighted by molar-refractivity contribution is -0.141. The molecule has 4 rings (SSSR count). The number of carbonyl (C=O) groups excluding carboxylic acids is 2. The maximum absolute atomic E-state index is 13.7. The molecule has 2 aromatic heterocycles. The number of aryl methyl sites for hydroxylation is 3. The molecule has 2 amide bonds. The first-order chi connectivity index (χ1) is 18.3. The van der Waals surface area contributed by atoms with Crippen molar-refractivity contribution in [1.29, 1.82) is 0 Å². The summed E-state index contributed by atoms with van der Waals surface area (Å²) >= 11 is 0. The Morgan fingerprint density at radius 2 is 1.87 bits per heavy atom. The molecule has 1 saturated heterocycles. The summed E-state index contributed by atoms with van der Waals surface area (Å²) < 4.78 is 5.69. The minimum Gasteiger partial charge on any atom is -0.450 e. The second-order valence-corrected chi connectivity index (χ2v) is 10.7. The van der Waals surface area contributed by atoms with Gasteiger partial charge in [0.15, 0.2) is 5.75 Å². The molecule has 3 N–H and O–H groups in total. The molecule has 0 aliphatic carbocycles. The fraction of sp³-hybridized carbons (Fsp3) is 0.414. The summed E-state index contributed by atoms with van der Waals surface area (Å²) in [6, 6.07) is 11.1. The quantitative estimate of drug-likeness (QED) is 0.423. The van der Waals surface area contributed by atoms with Gasteiger partial charge in [0, 0.05) is 6.07 Å². The first kappa shape index (κ1) is 28.0. The molecule has 10 heteroatoms. The molecular weight excluding hydrogens is 498 g/mol. The SMILES string of the molecule is Cc1cccc([C@@H]2CC[C@H](C(C)(C)O)N2C(=O)[C@@H](C)NC(=O)c2ccc(Oc3cc(C)n[nH]c3=O)c(C)n2)c1. The Labute approximate surface area is 227 Å².